The van der Waals surface area contributed by atoms with Gasteiger partial charge in [-0.3, -0.25) is 5.10 Å². The van der Waals surface area contributed by atoms with Crippen LogP contribution in [0.4, 0.5) is 0 Å². The first-order valence-corrected chi connectivity index (χ1v) is 6.92. The lowest BCUT2D eigenvalue weighted by molar-refractivity contribution is 0.409. The van der Waals surface area contributed by atoms with Gasteiger partial charge in [0.25, 0.3) is 0 Å². The standard InChI is InChI=1S/C13H12BrClN2/c14-11-12(8-2-1-3-8)16-17-13(11)9-4-6-10(15)7-5-9/h4-8H,1-3H2,(H,16,17). The first-order chi connectivity index (χ1) is 8.25. The summed E-state index contributed by atoms with van der Waals surface area (Å²) in [5, 5.41) is 8.31. The molecule has 1 aromatic carbocycles. The minimum atomic E-state index is 0.651. The lowest BCUT2D eigenvalue weighted by Crippen LogP contribution is -2.09. The maximum absolute atomic E-state index is 5.89. The fourth-order valence-electron chi connectivity index (χ4n) is 2.11. The smallest absolute Gasteiger partial charge is 0.107 e. The van der Waals surface area contributed by atoms with E-state index in [0.717, 1.165) is 20.8 Å². The highest BCUT2D eigenvalue weighted by Gasteiger charge is 2.25. The van der Waals surface area contributed by atoms with Gasteiger partial charge in [-0.2, -0.15) is 5.10 Å². The zero-order valence-corrected chi connectivity index (χ0v) is 11.6. The van der Waals surface area contributed by atoms with Crippen molar-refractivity contribution in [2.45, 2.75) is 25.2 Å². The molecule has 1 N–H and O–H groups in total. The highest BCUT2D eigenvalue weighted by molar-refractivity contribution is 9.10. The number of hydrogen-bond donors (Lipinski definition) is 1. The second-order valence-corrected chi connectivity index (χ2v) is 5.66. The van der Waals surface area contributed by atoms with E-state index in [-0.39, 0.29) is 0 Å². The Balaban J connectivity index is 1.97. The first-order valence-electron chi connectivity index (χ1n) is 5.75. The van der Waals surface area contributed by atoms with Gasteiger partial charge in [-0.25, -0.2) is 0 Å². The van der Waals surface area contributed by atoms with Crippen LogP contribution in [0.5, 0.6) is 0 Å². The van der Waals surface area contributed by atoms with Gasteiger partial charge >= 0.3 is 0 Å². The quantitative estimate of drug-likeness (QED) is 0.851. The highest BCUT2D eigenvalue weighted by atomic mass is 79.9. The summed E-state index contributed by atoms with van der Waals surface area (Å²) in [6, 6.07) is 7.77. The fourth-order valence-corrected chi connectivity index (χ4v) is 2.96. The Kier molecular flexibility index (Phi) is 2.97. The molecule has 1 fully saturated rings. The van der Waals surface area contributed by atoms with Crippen LogP contribution in [0.3, 0.4) is 0 Å². The maximum atomic E-state index is 5.89. The van der Waals surface area contributed by atoms with Gasteiger partial charge in [0.1, 0.15) is 5.69 Å². The van der Waals surface area contributed by atoms with Gasteiger partial charge in [0.05, 0.1) is 10.2 Å². The summed E-state index contributed by atoms with van der Waals surface area (Å²) in [4.78, 5) is 0. The van der Waals surface area contributed by atoms with E-state index >= 15 is 0 Å². The van der Waals surface area contributed by atoms with Crippen molar-refractivity contribution in [2.24, 2.45) is 0 Å². The molecule has 88 valence electrons. The number of aromatic amines is 1. The summed E-state index contributed by atoms with van der Waals surface area (Å²) in [6.45, 7) is 0. The SMILES string of the molecule is Clc1ccc(-c2n[nH]c(C3CCC3)c2Br)cc1. The highest BCUT2D eigenvalue weighted by Crippen LogP contribution is 2.41. The molecule has 2 nitrogen and oxygen atoms in total. The molecular formula is C13H12BrClN2. The van der Waals surface area contributed by atoms with Gasteiger partial charge in [-0.15, -0.1) is 0 Å². The Hall–Kier alpha value is -0.800. The number of rotatable bonds is 2. The largest absolute Gasteiger partial charge is 0.280 e. The molecule has 1 aromatic heterocycles. The molecule has 17 heavy (non-hydrogen) atoms. The minimum absolute atomic E-state index is 0.651. The summed E-state index contributed by atoms with van der Waals surface area (Å²) in [7, 11) is 0. The van der Waals surface area contributed by atoms with Gasteiger partial charge in [0.15, 0.2) is 0 Å². The topological polar surface area (TPSA) is 28.7 Å². The maximum Gasteiger partial charge on any atom is 0.107 e. The van der Waals surface area contributed by atoms with E-state index in [9.17, 15) is 0 Å². The molecular weight excluding hydrogens is 300 g/mol. The Labute approximate surface area is 114 Å². The van der Waals surface area contributed by atoms with Crippen LogP contribution in [0.2, 0.25) is 5.02 Å². The van der Waals surface area contributed by atoms with E-state index < -0.39 is 0 Å². The molecule has 1 aliphatic carbocycles. The summed E-state index contributed by atoms with van der Waals surface area (Å²) in [6.07, 6.45) is 3.86. The fraction of sp³-hybridized carbons (Fsp3) is 0.308. The average molecular weight is 312 g/mol. The number of aromatic nitrogens is 2. The number of nitrogens with one attached hydrogen (secondary N) is 1. The lowest BCUT2D eigenvalue weighted by Gasteiger charge is -2.24. The van der Waals surface area contributed by atoms with E-state index in [1.807, 2.05) is 24.3 Å². The average Bonchev–Trinajstić information content (AvgIpc) is 2.60. The van der Waals surface area contributed by atoms with E-state index in [1.165, 1.54) is 25.0 Å². The van der Waals surface area contributed by atoms with Crippen LogP contribution in [0, 0.1) is 0 Å². The van der Waals surface area contributed by atoms with Crippen molar-refractivity contribution in [2.75, 3.05) is 0 Å². The van der Waals surface area contributed by atoms with Crippen LogP contribution < -0.4 is 0 Å². The third kappa shape index (κ3) is 2.02. The van der Waals surface area contributed by atoms with Crippen LogP contribution >= 0.6 is 27.5 Å². The molecule has 0 aliphatic heterocycles. The number of nitrogens with zero attached hydrogens (tertiary/aromatic N) is 1. The monoisotopic (exact) mass is 310 g/mol. The molecule has 0 spiro atoms. The van der Waals surface area contributed by atoms with Crippen LogP contribution in [-0.4, -0.2) is 10.2 Å². The predicted molar refractivity (Wildman–Crippen MR) is 73.3 cm³/mol. The van der Waals surface area contributed by atoms with E-state index in [2.05, 4.69) is 26.1 Å². The van der Waals surface area contributed by atoms with Crippen molar-refractivity contribution in [3.8, 4) is 11.3 Å². The molecule has 0 atom stereocenters. The minimum Gasteiger partial charge on any atom is -0.280 e. The summed E-state index contributed by atoms with van der Waals surface area (Å²) >= 11 is 9.54. The first kappa shape index (κ1) is 11.3. The van der Waals surface area contributed by atoms with Crippen LogP contribution in [-0.2, 0) is 0 Å². The second-order valence-electron chi connectivity index (χ2n) is 4.43. The van der Waals surface area contributed by atoms with Crippen molar-refractivity contribution in [3.63, 3.8) is 0 Å². The molecule has 1 aliphatic rings. The molecule has 0 radical (unpaired) electrons. The number of hydrogen-bond acceptors (Lipinski definition) is 1. The van der Waals surface area contributed by atoms with Gasteiger partial charge in [0.2, 0.25) is 0 Å². The Morgan fingerprint density at radius 2 is 1.94 bits per heavy atom. The van der Waals surface area contributed by atoms with E-state index in [0.29, 0.717) is 5.92 Å². The van der Waals surface area contributed by atoms with Gasteiger partial charge in [0, 0.05) is 16.5 Å². The Morgan fingerprint density at radius 1 is 1.24 bits per heavy atom. The van der Waals surface area contributed by atoms with Gasteiger partial charge in [-0.1, -0.05) is 30.2 Å². The van der Waals surface area contributed by atoms with Gasteiger partial charge < -0.3 is 0 Å². The molecule has 0 saturated heterocycles. The van der Waals surface area contributed by atoms with E-state index in [1.54, 1.807) is 0 Å². The molecule has 3 rings (SSSR count). The third-order valence-electron chi connectivity index (χ3n) is 3.36. The lowest BCUT2D eigenvalue weighted by atomic mass is 9.83. The zero-order valence-electron chi connectivity index (χ0n) is 9.21. The molecule has 0 bridgehead atoms. The van der Waals surface area contributed by atoms with Crippen molar-refractivity contribution >= 4 is 27.5 Å². The normalized spacial score (nSPS) is 15.9. The third-order valence-corrected chi connectivity index (χ3v) is 4.42. The molecule has 0 unspecified atom stereocenters. The number of H-pyrrole nitrogens is 1. The number of halogens is 2. The van der Waals surface area contributed by atoms with Crippen LogP contribution in [0.1, 0.15) is 30.9 Å². The molecule has 4 heteroatoms. The Morgan fingerprint density at radius 3 is 2.53 bits per heavy atom. The molecule has 1 saturated carbocycles. The van der Waals surface area contributed by atoms with Crippen molar-refractivity contribution in [3.05, 3.63) is 39.5 Å². The summed E-state index contributed by atoms with van der Waals surface area (Å²) in [5.41, 5.74) is 3.30. The Bertz CT molecular complexity index is 529. The summed E-state index contributed by atoms with van der Waals surface area (Å²) in [5.74, 6) is 0.651. The molecule has 0 amide bonds. The molecule has 2 aromatic rings. The van der Waals surface area contributed by atoms with Crippen molar-refractivity contribution in [1.29, 1.82) is 0 Å². The van der Waals surface area contributed by atoms with Crippen molar-refractivity contribution < 1.29 is 0 Å². The van der Waals surface area contributed by atoms with Crippen molar-refractivity contribution in [1.82, 2.24) is 10.2 Å². The van der Waals surface area contributed by atoms with E-state index in [4.69, 9.17) is 11.6 Å². The molecule has 1 heterocycles. The predicted octanol–water partition coefficient (Wildman–Crippen LogP) is 4.76. The van der Waals surface area contributed by atoms with Gasteiger partial charge in [-0.05, 0) is 40.9 Å². The van der Waals surface area contributed by atoms with Crippen LogP contribution in [0.25, 0.3) is 11.3 Å². The number of benzene rings is 1. The summed E-state index contributed by atoms with van der Waals surface area (Å²) < 4.78 is 1.10. The second kappa shape index (κ2) is 4.46. The zero-order chi connectivity index (χ0) is 11.8. The van der Waals surface area contributed by atoms with Crippen LogP contribution in [0.15, 0.2) is 28.7 Å².